The van der Waals surface area contributed by atoms with Crippen LogP contribution in [0.25, 0.3) is 11.0 Å². The van der Waals surface area contributed by atoms with E-state index in [9.17, 15) is 4.39 Å². The first-order chi connectivity index (χ1) is 9.24. The summed E-state index contributed by atoms with van der Waals surface area (Å²) in [5.41, 5.74) is 1.90. The fraction of sp³-hybridized carbons (Fsp3) is 0.533. The summed E-state index contributed by atoms with van der Waals surface area (Å²) in [7, 11) is 0. The Hall–Kier alpha value is -1.42. The first-order valence-electron chi connectivity index (χ1n) is 7.12. The molecular formula is C15H18FN3. The fourth-order valence-electron chi connectivity index (χ4n) is 3.22. The van der Waals surface area contributed by atoms with E-state index in [4.69, 9.17) is 4.98 Å². The van der Waals surface area contributed by atoms with Crippen LogP contribution in [0.5, 0.6) is 0 Å². The normalized spacial score (nSPS) is 27.3. The van der Waals surface area contributed by atoms with Gasteiger partial charge >= 0.3 is 0 Å². The Morgan fingerprint density at radius 2 is 2.16 bits per heavy atom. The van der Waals surface area contributed by atoms with Crippen molar-refractivity contribution in [3.63, 3.8) is 0 Å². The maximum atomic E-state index is 13.4. The molecule has 1 N–H and O–H groups in total. The molecule has 4 heteroatoms. The zero-order valence-electron chi connectivity index (χ0n) is 11.1. The Labute approximate surface area is 111 Å². The molecule has 1 aliphatic carbocycles. The van der Waals surface area contributed by atoms with Crippen molar-refractivity contribution in [2.45, 2.75) is 31.7 Å². The molecule has 0 amide bonds. The lowest BCUT2D eigenvalue weighted by molar-refractivity contribution is 0.519. The second kappa shape index (κ2) is 4.04. The van der Waals surface area contributed by atoms with Crippen LogP contribution in [0.15, 0.2) is 18.2 Å². The van der Waals surface area contributed by atoms with Crippen molar-refractivity contribution in [3.05, 3.63) is 29.8 Å². The highest BCUT2D eigenvalue weighted by Gasteiger charge is 2.34. The predicted octanol–water partition coefficient (Wildman–Crippen LogP) is 2.83. The van der Waals surface area contributed by atoms with Crippen LogP contribution in [0.2, 0.25) is 0 Å². The van der Waals surface area contributed by atoms with E-state index < -0.39 is 0 Å². The van der Waals surface area contributed by atoms with E-state index in [0.717, 1.165) is 29.9 Å². The number of rotatable bonds is 2. The van der Waals surface area contributed by atoms with Crippen molar-refractivity contribution in [2.24, 2.45) is 5.92 Å². The molecule has 2 aromatic rings. The van der Waals surface area contributed by atoms with Gasteiger partial charge in [-0.15, -0.1) is 0 Å². The molecule has 4 rings (SSSR count). The summed E-state index contributed by atoms with van der Waals surface area (Å²) >= 11 is 0. The zero-order chi connectivity index (χ0) is 13.0. The molecule has 1 saturated heterocycles. The standard InChI is InChI=1S/C15H18FN3/c1-9-7-17-8-12(9)15-18-13-6-10(16)2-5-14(13)19(15)11-3-4-11/h2,5-6,9,11-12,17H,3-4,7-8H2,1H3/t9-,12-/m1/s1. The van der Waals surface area contributed by atoms with Gasteiger partial charge in [-0.3, -0.25) is 0 Å². The Morgan fingerprint density at radius 1 is 1.32 bits per heavy atom. The van der Waals surface area contributed by atoms with Gasteiger partial charge < -0.3 is 9.88 Å². The number of hydrogen-bond acceptors (Lipinski definition) is 2. The largest absolute Gasteiger partial charge is 0.325 e. The van der Waals surface area contributed by atoms with Crippen LogP contribution < -0.4 is 5.32 Å². The molecule has 19 heavy (non-hydrogen) atoms. The highest BCUT2D eigenvalue weighted by molar-refractivity contribution is 5.76. The van der Waals surface area contributed by atoms with Crippen LogP contribution in [0.1, 0.15) is 37.5 Å². The lowest BCUT2D eigenvalue weighted by atomic mass is 9.97. The third-order valence-electron chi connectivity index (χ3n) is 4.44. The van der Waals surface area contributed by atoms with Crippen LogP contribution in [0, 0.1) is 11.7 Å². The Kier molecular flexibility index (Phi) is 2.42. The SMILES string of the molecule is C[C@@H]1CNC[C@H]1c1nc2cc(F)ccc2n1C1CC1. The average Bonchev–Trinajstić information content (AvgIpc) is 3.03. The summed E-state index contributed by atoms with van der Waals surface area (Å²) in [5.74, 6) is 2.01. The monoisotopic (exact) mass is 259 g/mol. The van der Waals surface area contributed by atoms with Crippen LogP contribution in [-0.2, 0) is 0 Å². The maximum absolute atomic E-state index is 13.4. The second-order valence-electron chi connectivity index (χ2n) is 5.95. The van der Waals surface area contributed by atoms with E-state index in [-0.39, 0.29) is 5.82 Å². The molecule has 0 bridgehead atoms. The van der Waals surface area contributed by atoms with Crippen molar-refractivity contribution < 1.29 is 4.39 Å². The first-order valence-corrected chi connectivity index (χ1v) is 7.12. The summed E-state index contributed by atoms with van der Waals surface area (Å²) in [6.07, 6.45) is 2.45. The van der Waals surface area contributed by atoms with Gasteiger partial charge in [-0.1, -0.05) is 6.92 Å². The topological polar surface area (TPSA) is 29.9 Å². The minimum atomic E-state index is -0.197. The summed E-state index contributed by atoms with van der Waals surface area (Å²) in [5, 5.41) is 3.44. The first kappa shape index (κ1) is 11.4. The van der Waals surface area contributed by atoms with Gasteiger partial charge in [0.2, 0.25) is 0 Å². The molecule has 0 unspecified atom stereocenters. The van der Waals surface area contributed by atoms with Gasteiger partial charge in [0.25, 0.3) is 0 Å². The van der Waals surface area contributed by atoms with Crippen molar-refractivity contribution in [2.75, 3.05) is 13.1 Å². The molecule has 1 aromatic heterocycles. The lowest BCUT2D eigenvalue weighted by Crippen LogP contribution is -2.14. The quantitative estimate of drug-likeness (QED) is 0.898. The third-order valence-corrected chi connectivity index (χ3v) is 4.44. The number of halogens is 1. The minimum Gasteiger partial charge on any atom is -0.325 e. The highest BCUT2D eigenvalue weighted by atomic mass is 19.1. The Balaban J connectivity index is 1.91. The molecule has 2 atom stereocenters. The van der Waals surface area contributed by atoms with E-state index in [1.54, 1.807) is 12.1 Å². The third kappa shape index (κ3) is 1.77. The van der Waals surface area contributed by atoms with Gasteiger partial charge in [-0.05, 0) is 37.4 Å². The number of benzene rings is 1. The molecule has 1 saturated carbocycles. The highest BCUT2D eigenvalue weighted by Crippen LogP contribution is 2.41. The number of hydrogen-bond donors (Lipinski definition) is 1. The van der Waals surface area contributed by atoms with Gasteiger partial charge in [-0.2, -0.15) is 0 Å². The number of imidazole rings is 1. The summed E-state index contributed by atoms with van der Waals surface area (Å²) in [6, 6.07) is 5.57. The van der Waals surface area contributed by atoms with Crippen LogP contribution in [0.3, 0.4) is 0 Å². The number of nitrogens with zero attached hydrogens (tertiary/aromatic N) is 2. The fourth-order valence-corrected chi connectivity index (χ4v) is 3.22. The summed E-state index contributed by atoms with van der Waals surface area (Å²) in [6.45, 7) is 4.30. The van der Waals surface area contributed by atoms with Crippen LogP contribution >= 0.6 is 0 Å². The lowest BCUT2D eigenvalue weighted by Gasteiger charge is -2.16. The molecule has 0 radical (unpaired) electrons. The van der Waals surface area contributed by atoms with E-state index in [1.165, 1.54) is 12.8 Å². The summed E-state index contributed by atoms with van der Waals surface area (Å²) < 4.78 is 15.8. The van der Waals surface area contributed by atoms with E-state index >= 15 is 0 Å². The van der Waals surface area contributed by atoms with E-state index in [0.29, 0.717) is 17.9 Å². The van der Waals surface area contributed by atoms with Crippen molar-refractivity contribution in [1.29, 1.82) is 0 Å². The predicted molar refractivity (Wildman–Crippen MR) is 72.7 cm³/mol. The molecule has 2 heterocycles. The average molecular weight is 259 g/mol. The molecule has 3 nitrogen and oxygen atoms in total. The molecule has 2 fully saturated rings. The van der Waals surface area contributed by atoms with E-state index in [1.807, 2.05) is 6.07 Å². The molecule has 1 aliphatic heterocycles. The van der Waals surface area contributed by atoms with Crippen molar-refractivity contribution >= 4 is 11.0 Å². The molecule has 2 aliphatic rings. The minimum absolute atomic E-state index is 0.197. The second-order valence-corrected chi connectivity index (χ2v) is 5.95. The zero-order valence-corrected chi connectivity index (χ0v) is 11.1. The Bertz CT molecular complexity index is 630. The smallest absolute Gasteiger partial charge is 0.125 e. The van der Waals surface area contributed by atoms with Gasteiger partial charge in [0.05, 0.1) is 11.0 Å². The van der Waals surface area contributed by atoms with Crippen molar-refractivity contribution in [3.8, 4) is 0 Å². The van der Waals surface area contributed by atoms with E-state index in [2.05, 4.69) is 16.8 Å². The maximum Gasteiger partial charge on any atom is 0.125 e. The summed E-state index contributed by atoms with van der Waals surface area (Å²) in [4.78, 5) is 4.75. The van der Waals surface area contributed by atoms with Crippen LogP contribution in [-0.4, -0.2) is 22.6 Å². The van der Waals surface area contributed by atoms with Crippen LogP contribution in [0.4, 0.5) is 4.39 Å². The molecular weight excluding hydrogens is 241 g/mol. The number of nitrogens with one attached hydrogen (secondary N) is 1. The Morgan fingerprint density at radius 3 is 2.84 bits per heavy atom. The van der Waals surface area contributed by atoms with Crippen molar-refractivity contribution in [1.82, 2.24) is 14.9 Å². The van der Waals surface area contributed by atoms with Gasteiger partial charge in [0.1, 0.15) is 11.6 Å². The van der Waals surface area contributed by atoms with Gasteiger partial charge in [0, 0.05) is 24.6 Å². The number of fused-ring (bicyclic) bond motifs is 1. The molecule has 1 aromatic carbocycles. The van der Waals surface area contributed by atoms with Gasteiger partial charge in [0.15, 0.2) is 0 Å². The molecule has 100 valence electrons. The number of aromatic nitrogens is 2. The molecule has 0 spiro atoms. The van der Waals surface area contributed by atoms with Gasteiger partial charge in [-0.25, -0.2) is 9.37 Å².